The third-order valence-corrected chi connectivity index (χ3v) is 4.02. The van der Waals surface area contributed by atoms with Crippen LogP contribution < -0.4 is 10.5 Å². The quantitative estimate of drug-likeness (QED) is 0.692. The van der Waals surface area contributed by atoms with Crippen LogP contribution in [-0.2, 0) is 10.0 Å². The molecule has 0 bridgehead atoms. The van der Waals surface area contributed by atoms with E-state index in [1.54, 1.807) is 24.5 Å². The van der Waals surface area contributed by atoms with Gasteiger partial charge < -0.3 is 5.73 Å². The van der Waals surface area contributed by atoms with Gasteiger partial charge in [-0.1, -0.05) is 0 Å². The molecule has 3 aromatic rings. The summed E-state index contributed by atoms with van der Waals surface area (Å²) in [5, 5.41) is 0. The number of hydrogen-bond donors (Lipinski definition) is 2. The summed E-state index contributed by atoms with van der Waals surface area (Å²) in [6, 6.07) is 9.26. The molecule has 2 heterocycles. The Bertz CT molecular complexity index is 855. The zero-order valence-electron chi connectivity index (χ0n) is 12.9. The van der Waals surface area contributed by atoms with Crippen LogP contribution in [0, 0.1) is 6.92 Å². The number of nitrogens with two attached hydrogens (primary N) is 1. The number of aromatic nitrogens is 4. The topological polar surface area (TPSA) is 124 Å². The van der Waals surface area contributed by atoms with Gasteiger partial charge in [0.1, 0.15) is 5.82 Å². The zero-order valence-corrected chi connectivity index (χ0v) is 13.7. The van der Waals surface area contributed by atoms with Gasteiger partial charge in [0.15, 0.2) is 0 Å². The first-order valence-corrected chi connectivity index (χ1v) is 8.35. The molecule has 2 aromatic heterocycles. The standard InChI is InChI=1S/C10H10N4O2S.C5H6N2/c11-8-2-4-9(5-3-8)17(15,16)14-10-12-6-1-7-13-10;1-5-6-3-2-4-7-5/h1-7H,11H2,(H,12,13,14);2-4H,1H3. The van der Waals surface area contributed by atoms with Crippen molar-refractivity contribution in [3.63, 3.8) is 0 Å². The van der Waals surface area contributed by atoms with Gasteiger partial charge in [-0.2, -0.15) is 0 Å². The molecule has 0 amide bonds. The molecule has 0 saturated carbocycles. The monoisotopic (exact) mass is 344 g/mol. The molecular weight excluding hydrogens is 328 g/mol. The summed E-state index contributed by atoms with van der Waals surface area (Å²) in [5.74, 6) is 0.854. The van der Waals surface area contributed by atoms with Crippen molar-refractivity contribution in [1.82, 2.24) is 19.9 Å². The number of rotatable bonds is 3. The summed E-state index contributed by atoms with van der Waals surface area (Å²) in [4.78, 5) is 15.4. The Balaban J connectivity index is 0.000000249. The maximum Gasteiger partial charge on any atom is 0.264 e. The molecule has 0 saturated heterocycles. The summed E-state index contributed by atoms with van der Waals surface area (Å²) >= 11 is 0. The Morgan fingerprint density at radius 1 is 0.875 bits per heavy atom. The van der Waals surface area contributed by atoms with E-state index >= 15 is 0 Å². The minimum Gasteiger partial charge on any atom is -0.399 e. The van der Waals surface area contributed by atoms with Gasteiger partial charge in [0.25, 0.3) is 10.0 Å². The number of nitrogens with one attached hydrogen (secondary N) is 1. The largest absolute Gasteiger partial charge is 0.399 e. The first kappa shape index (κ1) is 17.3. The van der Waals surface area contributed by atoms with Crippen molar-refractivity contribution in [2.75, 3.05) is 10.5 Å². The first-order valence-electron chi connectivity index (χ1n) is 6.86. The van der Waals surface area contributed by atoms with E-state index in [9.17, 15) is 8.42 Å². The van der Waals surface area contributed by atoms with Crippen LogP contribution in [0.25, 0.3) is 0 Å². The van der Waals surface area contributed by atoms with Crippen molar-refractivity contribution >= 4 is 21.7 Å². The summed E-state index contributed by atoms with van der Waals surface area (Å²) in [6.07, 6.45) is 6.35. The van der Waals surface area contributed by atoms with E-state index in [4.69, 9.17) is 5.73 Å². The Morgan fingerprint density at radius 3 is 1.83 bits per heavy atom. The lowest BCUT2D eigenvalue weighted by atomic mass is 10.3. The molecule has 3 N–H and O–H groups in total. The molecule has 9 heteroatoms. The van der Waals surface area contributed by atoms with Crippen LogP contribution >= 0.6 is 0 Å². The minimum atomic E-state index is -3.66. The molecule has 0 aliphatic carbocycles. The molecule has 0 fully saturated rings. The SMILES string of the molecule is Cc1ncccn1.Nc1ccc(S(=O)(=O)Nc2ncccn2)cc1. The molecule has 8 nitrogen and oxygen atoms in total. The van der Waals surface area contributed by atoms with E-state index in [2.05, 4.69) is 24.7 Å². The fourth-order valence-electron chi connectivity index (χ4n) is 1.55. The number of anilines is 2. The molecule has 1 aromatic carbocycles. The third kappa shape index (κ3) is 5.29. The highest BCUT2D eigenvalue weighted by atomic mass is 32.2. The van der Waals surface area contributed by atoms with Crippen molar-refractivity contribution in [2.45, 2.75) is 11.8 Å². The Morgan fingerprint density at radius 2 is 1.38 bits per heavy atom. The highest BCUT2D eigenvalue weighted by molar-refractivity contribution is 7.92. The fraction of sp³-hybridized carbons (Fsp3) is 0.0667. The number of hydrogen-bond acceptors (Lipinski definition) is 7. The van der Waals surface area contributed by atoms with Crippen LogP contribution in [0.15, 0.2) is 66.1 Å². The molecule has 0 atom stereocenters. The van der Waals surface area contributed by atoms with E-state index in [-0.39, 0.29) is 10.8 Å². The number of sulfonamides is 1. The average molecular weight is 344 g/mol. The number of nitrogen functional groups attached to an aromatic ring is 1. The van der Waals surface area contributed by atoms with Crippen molar-refractivity contribution in [2.24, 2.45) is 0 Å². The molecular formula is C15H16N6O2S. The maximum atomic E-state index is 11.9. The van der Waals surface area contributed by atoms with E-state index < -0.39 is 10.0 Å². The van der Waals surface area contributed by atoms with Gasteiger partial charge in [-0.25, -0.2) is 33.1 Å². The summed E-state index contributed by atoms with van der Waals surface area (Å²) in [6.45, 7) is 1.86. The molecule has 24 heavy (non-hydrogen) atoms. The van der Waals surface area contributed by atoms with Crippen LogP contribution in [-0.4, -0.2) is 28.4 Å². The van der Waals surface area contributed by atoms with E-state index in [0.717, 1.165) is 5.82 Å². The van der Waals surface area contributed by atoms with Gasteiger partial charge in [0.05, 0.1) is 4.90 Å². The molecule has 0 unspecified atom stereocenters. The number of aryl methyl sites for hydroxylation is 1. The summed E-state index contributed by atoms with van der Waals surface area (Å²) in [5.41, 5.74) is 5.98. The van der Waals surface area contributed by atoms with Gasteiger partial charge in [-0.3, -0.25) is 0 Å². The normalized spacial score (nSPS) is 10.4. The van der Waals surface area contributed by atoms with Crippen LogP contribution in [0.1, 0.15) is 5.82 Å². The van der Waals surface area contributed by atoms with Crippen molar-refractivity contribution < 1.29 is 8.42 Å². The lowest BCUT2D eigenvalue weighted by Crippen LogP contribution is -2.14. The maximum absolute atomic E-state index is 11.9. The van der Waals surface area contributed by atoms with E-state index in [1.165, 1.54) is 36.7 Å². The zero-order chi connectivity index (χ0) is 17.4. The predicted molar refractivity (Wildman–Crippen MR) is 90.5 cm³/mol. The third-order valence-electron chi connectivity index (χ3n) is 2.68. The first-order chi connectivity index (χ1) is 11.5. The van der Waals surface area contributed by atoms with Gasteiger partial charge in [-0.15, -0.1) is 0 Å². The average Bonchev–Trinajstić information content (AvgIpc) is 2.57. The molecule has 3 rings (SSSR count). The Hall–Kier alpha value is -3.07. The van der Waals surface area contributed by atoms with Crippen molar-refractivity contribution in [3.8, 4) is 0 Å². The minimum absolute atomic E-state index is 0.0318. The van der Waals surface area contributed by atoms with Crippen LogP contribution in [0.2, 0.25) is 0 Å². The molecule has 0 radical (unpaired) electrons. The predicted octanol–water partition coefficient (Wildman–Crippen LogP) is 1.64. The summed E-state index contributed by atoms with van der Waals surface area (Å²) < 4.78 is 26.0. The highest BCUT2D eigenvalue weighted by Crippen LogP contribution is 2.14. The van der Waals surface area contributed by atoms with Crippen LogP contribution in [0.4, 0.5) is 11.6 Å². The highest BCUT2D eigenvalue weighted by Gasteiger charge is 2.14. The summed E-state index contributed by atoms with van der Waals surface area (Å²) in [7, 11) is -3.66. The van der Waals surface area contributed by atoms with Crippen molar-refractivity contribution in [1.29, 1.82) is 0 Å². The van der Waals surface area contributed by atoms with Crippen molar-refractivity contribution in [3.05, 3.63) is 67.0 Å². The molecule has 0 spiro atoms. The lowest BCUT2D eigenvalue weighted by Gasteiger charge is -2.05. The molecule has 0 aliphatic rings. The van der Waals surface area contributed by atoms with Crippen LogP contribution in [0.5, 0.6) is 0 Å². The molecule has 0 aliphatic heterocycles. The Labute approximate surface area is 139 Å². The molecule has 124 valence electrons. The lowest BCUT2D eigenvalue weighted by molar-refractivity contribution is 0.601. The van der Waals surface area contributed by atoms with E-state index in [1.807, 2.05) is 6.92 Å². The second-order valence-corrected chi connectivity index (χ2v) is 6.23. The van der Waals surface area contributed by atoms with Gasteiger partial charge in [0.2, 0.25) is 5.95 Å². The fourth-order valence-corrected chi connectivity index (χ4v) is 2.51. The number of benzene rings is 1. The van der Waals surface area contributed by atoms with Crippen LogP contribution in [0.3, 0.4) is 0 Å². The smallest absolute Gasteiger partial charge is 0.264 e. The second-order valence-electron chi connectivity index (χ2n) is 4.54. The second kappa shape index (κ2) is 7.97. The van der Waals surface area contributed by atoms with Gasteiger partial charge in [0, 0.05) is 30.5 Å². The van der Waals surface area contributed by atoms with Gasteiger partial charge >= 0.3 is 0 Å². The number of nitrogens with zero attached hydrogens (tertiary/aromatic N) is 4. The van der Waals surface area contributed by atoms with E-state index in [0.29, 0.717) is 5.69 Å². The van der Waals surface area contributed by atoms with Gasteiger partial charge in [-0.05, 0) is 43.3 Å². The Kier molecular flexibility index (Phi) is 5.74.